The number of fused-ring (bicyclic) bond motifs is 1. The van der Waals surface area contributed by atoms with Crippen LogP contribution in [0.1, 0.15) is 21.6 Å². The van der Waals surface area contributed by atoms with Crippen molar-refractivity contribution in [3.05, 3.63) is 65.5 Å². The molecule has 5 heteroatoms. The fourth-order valence-corrected chi connectivity index (χ4v) is 2.49. The Hall–Kier alpha value is -2.56. The average molecular weight is 303 g/mol. The molecule has 112 valence electrons. The smallest absolute Gasteiger partial charge is 0.313 e. The van der Waals surface area contributed by atoms with E-state index in [9.17, 15) is 18.0 Å². The topological polar surface area (TPSA) is 21.5 Å². The van der Waals surface area contributed by atoms with Gasteiger partial charge in [-0.25, -0.2) is 0 Å². The molecule has 0 spiro atoms. The van der Waals surface area contributed by atoms with Crippen molar-refractivity contribution < 1.29 is 18.0 Å². The van der Waals surface area contributed by atoms with Crippen LogP contribution >= 0.6 is 0 Å². The standard InChI is InChI=1S/C17H12F3NO/c1-11-2-7-14-8-15(16(10-22)21(14)9-11)12-3-5-13(6-4-12)17(18,19)20/h2-10H,1H3. The first-order chi connectivity index (χ1) is 10.4. The second-order valence-electron chi connectivity index (χ2n) is 5.14. The van der Waals surface area contributed by atoms with Crippen LogP contribution in [0.2, 0.25) is 0 Å². The van der Waals surface area contributed by atoms with Crippen molar-refractivity contribution in [3.8, 4) is 11.1 Å². The lowest BCUT2D eigenvalue weighted by molar-refractivity contribution is -0.137. The third-order valence-corrected chi connectivity index (χ3v) is 3.59. The third-order valence-electron chi connectivity index (χ3n) is 3.59. The van der Waals surface area contributed by atoms with Gasteiger partial charge in [0.05, 0.1) is 11.3 Å². The summed E-state index contributed by atoms with van der Waals surface area (Å²) in [5, 5.41) is 0. The number of halogens is 3. The van der Waals surface area contributed by atoms with E-state index >= 15 is 0 Å². The summed E-state index contributed by atoms with van der Waals surface area (Å²) in [4.78, 5) is 11.4. The Morgan fingerprint density at radius 1 is 1.05 bits per heavy atom. The number of carbonyl (C=O) groups excluding carboxylic acids is 1. The first-order valence-electron chi connectivity index (χ1n) is 6.64. The van der Waals surface area contributed by atoms with E-state index in [1.165, 1.54) is 12.1 Å². The summed E-state index contributed by atoms with van der Waals surface area (Å²) in [6.07, 6.45) is -1.82. The summed E-state index contributed by atoms with van der Waals surface area (Å²) >= 11 is 0. The minimum absolute atomic E-state index is 0.429. The lowest BCUT2D eigenvalue weighted by Gasteiger charge is -2.07. The van der Waals surface area contributed by atoms with Gasteiger partial charge < -0.3 is 4.40 Å². The van der Waals surface area contributed by atoms with Crippen LogP contribution in [-0.4, -0.2) is 10.7 Å². The van der Waals surface area contributed by atoms with Crippen LogP contribution in [0, 0.1) is 6.92 Å². The van der Waals surface area contributed by atoms with Gasteiger partial charge in [-0.2, -0.15) is 13.2 Å². The van der Waals surface area contributed by atoms with Crippen molar-refractivity contribution in [1.29, 1.82) is 0 Å². The van der Waals surface area contributed by atoms with Gasteiger partial charge in [0.1, 0.15) is 0 Å². The molecule has 0 aliphatic heterocycles. The molecule has 2 nitrogen and oxygen atoms in total. The fraction of sp³-hybridized carbons (Fsp3) is 0.118. The van der Waals surface area contributed by atoms with E-state index in [1.54, 1.807) is 10.5 Å². The molecule has 0 fully saturated rings. The summed E-state index contributed by atoms with van der Waals surface area (Å²) in [5.41, 5.74) is 2.74. The van der Waals surface area contributed by atoms with Crippen LogP contribution in [0.25, 0.3) is 16.6 Å². The van der Waals surface area contributed by atoms with Gasteiger partial charge in [-0.05, 0) is 42.3 Å². The summed E-state index contributed by atoms with van der Waals surface area (Å²) in [6, 6.07) is 10.4. The number of aromatic nitrogens is 1. The molecule has 0 saturated carbocycles. The molecule has 2 heterocycles. The van der Waals surface area contributed by atoms with Crippen molar-refractivity contribution in [3.63, 3.8) is 0 Å². The Bertz CT molecular complexity index is 845. The molecule has 0 bridgehead atoms. The summed E-state index contributed by atoms with van der Waals surface area (Å²) in [5.74, 6) is 0. The normalized spacial score (nSPS) is 11.8. The molecule has 0 N–H and O–H groups in total. The number of hydrogen-bond acceptors (Lipinski definition) is 1. The molecule has 0 amide bonds. The zero-order chi connectivity index (χ0) is 15.9. The highest BCUT2D eigenvalue weighted by Crippen LogP contribution is 2.32. The molecule has 3 aromatic rings. The maximum absolute atomic E-state index is 12.6. The second kappa shape index (κ2) is 5.02. The second-order valence-corrected chi connectivity index (χ2v) is 5.14. The van der Waals surface area contributed by atoms with Crippen LogP contribution < -0.4 is 0 Å². The highest BCUT2D eigenvalue weighted by atomic mass is 19.4. The number of pyridine rings is 1. The number of benzene rings is 1. The van der Waals surface area contributed by atoms with Gasteiger partial charge >= 0.3 is 6.18 Å². The van der Waals surface area contributed by atoms with E-state index in [0.717, 1.165) is 29.5 Å². The highest BCUT2D eigenvalue weighted by Gasteiger charge is 2.30. The van der Waals surface area contributed by atoms with Gasteiger partial charge in [0.25, 0.3) is 0 Å². The minimum atomic E-state index is -4.37. The molecule has 2 aromatic heterocycles. The van der Waals surface area contributed by atoms with Crippen LogP contribution in [-0.2, 0) is 6.18 Å². The molecule has 3 rings (SSSR count). The summed E-state index contributed by atoms with van der Waals surface area (Å²) in [7, 11) is 0. The first-order valence-corrected chi connectivity index (χ1v) is 6.64. The Balaban J connectivity index is 2.15. The molecule has 22 heavy (non-hydrogen) atoms. The molecule has 0 aliphatic carbocycles. The van der Waals surface area contributed by atoms with Crippen LogP contribution in [0.3, 0.4) is 0 Å². The number of nitrogens with zero attached hydrogens (tertiary/aromatic N) is 1. The highest BCUT2D eigenvalue weighted by molar-refractivity contribution is 5.89. The summed E-state index contributed by atoms with van der Waals surface area (Å²) in [6.45, 7) is 1.91. The number of aryl methyl sites for hydroxylation is 1. The molecule has 1 aromatic carbocycles. The zero-order valence-electron chi connectivity index (χ0n) is 11.7. The van der Waals surface area contributed by atoms with Gasteiger partial charge in [0.15, 0.2) is 6.29 Å². The van der Waals surface area contributed by atoms with Crippen LogP contribution in [0.4, 0.5) is 13.2 Å². The lowest BCUT2D eigenvalue weighted by Crippen LogP contribution is -2.04. The average Bonchev–Trinajstić information content (AvgIpc) is 2.84. The van der Waals surface area contributed by atoms with E-state index < -0.39 is 11.7 Å². The van der Waals surface area contributed by atoms with Gasteiger partial charge in [-0.15, -0.1) is 0 Å². The van der Waals surface area contributed by atoms with E-state index in [0.29, 0.717) is 16.8 Å². The number of carbonyl (C=O) groups is 1. The van der Waals surface area contributed by atoms with E-state index in [4.69, 9.17) is 0 Å². The predicted molar refractivity (Wildman–Crippen MR) is 78.0 cm³/mol. The maximum atomic E-state index is 12.6. The number of rotatable bonds is 2. The molecule has 0 radical (unpaired) electrons. The molecular formula is C17H12F3NO. The lowest BCUT2D eigenvalue weighted by atomic mass is 10.0. The van der Waals surface area contributed by atoms with Crippen molar-refractivity contribution in [1.82, 2.24) is 4.40 Å². The zero-order valence-corrected chi connectivity index (χ0v) is 11.7. The Morgan fingerprint density at radius 2 is 1.73 bits per heavy atom. The SMILES string of the molecule is Cc1ccc2cc(-c3ccc(C(F)(F)F)cc3)c(C=O)n2c1. The Labute approximate surface area is 124 Å². The number of alkyl halides is 3. The van der Waals surface area contributed by atoms with Crippen molar-refractivity contribution in [2.75, 3.05) is 0 Å². The van der Waals surface area contributed by atoms with E-state index in [-0.39, 0.29) is 0 Å². The van der Waals surface area contributed by atoms with Crippen LogP contribution in [0.15, 0.2) is 48.7 Å². The van der Waals surface area contributed by atoms with E-state index in [1.807, 2.05) is 25.3 Å². The molecule has 0 atom stereocenters. The van der Waals surface area contributed by atoms with Gasteiger partial charge in [-0.3, -0.25) is 4.79 Å². The molecule has 0 saturated heterocycles. The Morgan fingerprint density at radius 3 is 2.32 bits per heavy atom. The van der Waals surface area contributed by atoms with Gasteiger partial charge in [0.2, 0.25) is 0 Å². The monoisotopic (exact) mass is 303 g/mol. The van der Waals surface area contributed by atoms with Crippen molar-refractivity contribution in [2.45, 2.75) is 13.1 Å². The predicted octanol–water partition coefficient (Wildman–Crippen LogP) is 4.75. The number of hydrogen-bond donors (Lipinski definition) is 0. The maximum Gasteiger partial charge on any atom is 0.416 e. The van der Waals surface area contributed by atoms with Gasteiger partial charge in [0, 0.05) is 17.3 Å². The minimum Gasteiger partial charge on any atom is -0.313 e. The van der Waals surface area contributed by atoms with Crippen molar-refractivity contribution in [2.24, 2.45) is 0 Å². The molecular weight excluding hydrogens is 291 g/mol. The fourth-order valence-electron chi connectivity index (χ4n) is 2.49. The largest absolute Gasteiger partial charge is 0.416 e. The third kappa shape index (κ3) is 2.39. The molecule has 0 aliphatic rings. The van der Waals surface area contributed by atoms with Crippen LogP contribution in [0.5, 0.6) is 0 Å². The van der Waals surface area contributed by atoms with Gasteiger partial charge in [-0.1, -0.05) is 18.2 Å². The quantitative estimate of drug-likeness (QED) is 0.626. The van der Waals surface area contributed by atoms with E-state index in [2.05, 4.69) is 0 Å². The Kier molecular flexibility index (Phi) is 3.28. The number of aldehydes is 1. The van der Waals surface area contributed by atoms with Crippen molar-refractivity contribution >= 4 is 11.8 Å². The first kappa shape index (κ1) is 14.4. The summed E-state index contributed by atoms with van der Waals surface area (Å²) < 4.78 is 39.6. The molecule has 0 unspecified atom stereocenters.